The molecule has 1 saturated carbocycles. The third-order valence-corrected chi connectivity index (χ3v) is 5.95. The summed E-state index contributed by atoms with van der Waals surface area (Å²) < 4.78 is 5.03. The van der Waals surface area contributed by atoms with Crippen LogP contribution in [0.25, 0.3) is 0 Å². The van der Waals surface area contributed by atoms with Gasteiger partial charge in [0.15, 0.2) is 0 Å². The van der Waals surface area contributed by atoms with E-state index in [-0.39, 0.29) is 23.8 Å². The van der Waals surface area contributed by atoms with Crippen LogP contribution in [0.5, 0.6) is 5.88 Å². The van der Waals surface area contributed by atoms with Crippen molar-refractivity contribution in [3.05, 3.63) is 53.2 Å². The molecule has 0 saturated heterocycles. The van der Waals surface area contributed by atoms with Crippen LogP contribution in [0.3, 0.4) is 0 Å². The lowest BCUT2D eigenvalue weighted by Crippen LogP contribution is -2.40. The lowest BCUT2D eigenvalue weighted by Gasteiger charge is -2.34. The molecule has 2 aromatic rings. The second-order valence-corrected chi connectivity index (χ2v) is 7.62. The van der Waals surface area contributed by atoms with Gasteiger partial charge < -0.3 is 15.0 Å². The Hall–Kier alpha value is -2.89. The number of aromatic nitrogens is 1. The largest absolute Gasteiger partial charge is 0.481 e. The molecule has 0 bridgehead atoms. The van der Waals surface area contributed by atoms with E-state index in [9.17, 15) is 9.59 Å². The molecule has 1 aliphatic heterocycles. The molecule has 0 unspecified atom stereocenters. The smallest absolute Gasteiger partial charge is 0.254 e. The molecule has 2 aliphatic rings. The predicted molar refractivity (Wildman–Crippen MR) is 106 cm³/mol. The molecule has 4 rings (SSSR count). The molecule has 2 heterocycles. The highest BCUT2D eigenvalue weighted by Crippen LogP contribution is 2.34. The normalized spacial score (nSPS) is 21.4. The molecule has 1 fully saturated rings. The summed E-state index contributed by atoms with van der Waals surface area (Å²) in [7, 11) is 1.56. The molecule has 28 heavy (non-hydrogen) atoms. The van der Waals surface area contributed by atoms with Gasteiger partial charge in [-0.25, -0.2) is 4.98 Å². The van der Waals surface area contributed by atoms with Crippen LogP contribution in [0.1, 0.15) is 47.2 Å². The Balaban J connectivity index is 1.34. The van der Waals surface area contributed by atoms with E-state index in [1.807, 2.05) is 17.0 Å². The third kappa shape index (κ3) is 3.46. The summed E-state index contributed by atoms with van der Waals surface area (Å²) in [6.45, 7) is 2.75. The zero-order chi connectivity index (χ0) is 19.7. The number of carbonyl (C=O) groups is 2. The van der Waals surface area contributed by atoms with Gasteiger partial charge in [0.1, 0.15) is 0 Å². The average molecular weight is 379 g/mol. The van der Waals surface area contributed by atoms with Gasteiger partial charge in [-0.1, -0.05) is 12.1 Å². The molecule has 0 atom stereocenters. The Kier molecular flexibility index (Phi) is 5.03. The quantitative estimate of drug-likeness (QED) is 0.882. The molecule has 1 aromatic carbocycles. The predicted octanol–water partition coefficient (Wildman–Crippen LogP) is 3.55. The van der Waals surface area contributed by atoms with E-state index < -0.39 is 0 Å². The first-order valence-electron chi connectivity index (χ1n) is 9.77. The number of methoxy groups -OCH3 is 1. The molecular formula is C22H25N3O3. The maximum Gasteiger partial charge on any atom is 0.254 e. The minimum absolute atomic E-state index is 0.0253. The average Bonchev–Trinajstić information content (AvgIpc) is 3.07. The summed E-state index contributed by atoms with van der Waals surface area (Å²) in [5.41, 5.74) is 3.84. The van der Waals surface area contributed by atoms with Crippen molar-refractivity contribution in [3.8, 4) is 5.88 Å². The molecule has 146 valence electrons. The number of ether oxygens (including phenoxy) is 1. The standard InChI is InChI=1S/C22H25N3O3/c1-14-4-3-5-18-19(14)13-25(22(18)27)17-9-6-15(7-10-17)21(26)24-16-8-11-20(28-2)23-12-16/h3-5,8,11-12,15,17H,6-7,9-10,13H2,1-2H3,(H,24,26). The van der Waals surface area contributed by atoms with Gasteiger partial charge in [0.05, 0.1) is 19.0 Å². The maximum absolute atomic E-state index is 12.8. The summed E-state index contributed by atoms with van der Waals surface area (Å²) in [4.78, 5) is 31.5. The fraction of sp³-hybridized carbons (Fsp3) is 0.409. The lowest BCUT2D eigenvalue weighted by molar-refractivity contribution is -0.121. The summed E-state index contributed by atoms with van der Waals surface area (Å²) in [5, 5.41) is 2.94. The van der Waals surface area contributed by atoms with Crippen LogP contribution in [0, 0.1) is 12.8 Å². The molecule has 2 amide bonds. The Morgan fingerprint density at radius 1 is 1.18 bits per heavy atom. The van der Waals surface area contributed by atoms with Crippen molar-refractivity contribution in [2.75, 3.05) is 12.4 Å². The molecule has 0 spiro atoms. The molecule has 6 heteroatoms. The highest BCUT2D eigenvalue weighted by Gasteiger charge is 2.36. The summed E-state index contributed by atoms with van der Waals surface area (Å²) in [6, 6.07) is 9.66. The van der Waals surface area contributed by atoms with E-state index in [4.69, 9.17) is 4.74 Å². The van der Waals surface area contributed by atoms with Crippen molar-refractivity contribution in [2.24, 2.45) is 5.92 Å². The molecule has 1 aliphatic carbocycles. The molecule has 0 radical (unpaired) electrons. The highest BCUT2D eigenvalue weighted by molar-refractivity contribution is 5.99. The first kappa shape index (κ1) is 18.5. The van der Waals surface area contributed by atoms with Crippen molar-refractivity contribution >= 4 is 17.5 Å². The monoisotopic (exact) mass is 379 g/mol. The van der Waals surface area contributed by atoms with Gasteiger partial charge in [-0.2, -0.15) is 0 Å². The molecule has 1 aromatic heterocycles. The number of rotatable bonds is 4. The number of aryl methyl sites for hydroxylation is 1. The van der Waals surface area contributed by atoms with Crippen molar-refractivity contribution in [3.63, 3.8) is 0 Å². The van der Waals surface area contributed by atoms with Crippen LogP contribution in [0.15, 0.2) is 36.5 Å². The number of carbonyl (C=O) groups excluding carboxylic acids is 2. The van der Waals surface area contributed by atoms with Crippen LogP contribution in [-0.4, -0.2) is 34.8 Å². The van der Waals surface area contributed by atoms with E-state index in [2.05, 4.69) is 23.3 Å². The van der Waals surface area contributed by atoms with Crippen molar-refractivity contribution in [2.45, 2.75) is 45.2 Å². The highest BCUT2D eigenvalue weighted by atomic mass is 16.5. The van der Waals surface area contributed by atoms with Crippen molar-refractivity contribution < 1.29 is 14.3 Å². The number of hydrogen-bond acceptors (Lipinski definition) is 4. The van der Waals surface area contributed by atoms with Gasteiger partial charge in [-0.05, 0) is 55.9 Å². The maximum atomic E-state index is 12.8. The van der Waals surface area contributed by atoms with Crippen molar-refractivity contribution in [1.82, 2.24) is 9.88 Å². The Morgan fingerprint density at radius 2 is 1.96 bits per heavy atom. The van der Waals surface area contributed by atoms with E-state index in [1.54, 1.807) is 25.4 Å². The number of pyridine rings is 1. The van der Waals surface area contributed by atoms with Crippen LogP contribution in [0.4, 0.5) is 5.69 Å². The Labute approximate surface area is 164 Å². The summed E-state index contributed by atoms with van der Waals surface area (Å²) in [5.74, 6) is 0.651. The topological polar surface area (TPSA) is 71.5 Å². The van der Waals surface area contributed by atoms with E-state index in [1.165, 1.54) is 5.56 Å². The van der Waals surface area contributed by atoms with E-state index in [0.29, 0.717) is 18.1 Å². The minimum Gasteiger partial charge on any atom is -0.481 e. The number of fused-ring (bicyclic) bond motifs is 1. The summed E-state index contributed by atoms with van der Waals surface area (Å²) >= 11 is 0. The van der Waals surface area contributed by atoms with Gasteiger partial charge in [0.25, 0.3) is 5.91 Å². The van der Waals surface area contributed by atoms with Gasteiger partial charge >= 0.3 is 0 Å². The first-order valence-corrected chi connectivity index (χ1v) is 9.77. The summed E-state index contributed by atoms with van der Waals surface area (Å²) in [6.07, 6.45) is 4.90. The fourth-order valence-electron chi connectivity index (χ4n) is 4.27. The van der Waals surface area contributed by atoms with Crippen LogP contribution < -0.4 is 10.1 Å². The van der Waals surface area contributed by atoms with Gasteiger partial charge in [0.2, 0.25) is 11.8 Å². The second kappa shape index (κ2) is 7.62. The van der Waals surface area contributed by atoms with Gasteiger partial charge in [-0.3, -0.25) is 9.59 Å². The number of amides is 2. The van der Waals surface area contributed by atoms with E-state index >= 15 is 0 Å². The lowest BCUT2D eigenvalue weighted by atomic mass is 9.84. The van der Waals surface area contributed by atoms with E-state index in [0.717, 1.165) is 36.8 Å². The van der Waals surface area contributed by atoms with Gasteiger partial charge in [-0.15, -0.1) is 0 Å². The zero-order valence-electron chi connectivity index (χ0n) is 16.3. The number of nitrogens with one attached hydrogen (secondary N) is 1. The molecule has 6 nitrogen and oxygen atoms in total. The molecule has 1 N–H and O–H groups in total. The Morgan fingerprint density at radius 3 is 2.61 bits per heavy atom. The van der Waals surface area contributed by atoms with Crippen LogP contribution >= 0.6 is 0 Å². The minimum atomic E-state index is -0.0276. The second-order valence-electron chi connectivity index (χ2n) is 7.62. The number of nitrogens with zero attached hydrogens (tertiary/aromatic N) is 2. The van der Waals surface area contributed by atoms with Crippen LogP contribution in [-0.2, 0) is 11.3 Å². The van der Waals surface area contributed by atoms with Crippen LogP contribution in [0.2, 0.25) is 0 Å². The Bertz CT molecular complexity index is 886. The SMILES string of the molecule is COc1ccc(NC(=O)C2CCC(N3Cc4c(C)cccc4C3=O)CC2)cn1. The van der Waals surface area contributed by atoms with Gasteiger partial charge in [0, 0.05) is 30.1 Å². The van der Waals surface area contributed by atoms with Crippen molar-refractivity contribution in [1.29, 1.82) is 0 Å². The number of benzene rings is 1. The third-order valence-electron chi connectivity index (χ3n) is 5.95. The zero-order valence-corrected chi connectivity index (χ0v) is 16.3. The fourth-order valence-corrected chi connectivity index (χ4v) is 4.27. The molecular weight excluding hydrogens is 354 g/mol. The first-order chi connectivity index (χ1) is 13.6. The number of anilines is 1. The number of hydrogen-bond donors (Lipinski definition) is 1.